The minimum absolute atomic E-state index is 0.0686. The van der Waals surface area contributed by atoms with Gasteiger partial charge in [-0.3, -0.25) is 9.78 Å². The second-order valence-corrected chi connectivity index (χ2v) is 5.85. The van der Waals surface area contributed by atoms with E-state index in [-0.39, 0.29) is 5.91 Å². The number of carbonyl (C=O) groups is 1. The first kappa shape index (κ1) is 16.0. The summed E-state index contributed by atoms with van der Waals surface area (Å²) in [5, 5.41) is 0. The van der Waals surface area contributed by atoms with Crippen molar-refractivity contribution in [3.8, 4) is 0 Å². The zero-order valence-electron chi connectivity index (χ0n) is 13.7. The molecule has 0 bridgehead atoms. The van der Waals surface area contributed by atoms with Crippen LogP contribution in [0.5, 0.6) is 0 Å². The van der Waals surface area contributed by atoms with Gasteiger partial charge in [0.15, 0.2) is 0 Å². The molecule has 0 fully saturated rings. The molecule has 3 rings (SSSR count). The van der Waals surface area contributed by atoms with E-state index in [0.29, 0.717) is 19.5 Å². The van der Waals surface area contributed by atoms with E-state index in [1.165, 1.54) is 5.56 Å². The molecule has 0 aliphatic heterocycles. The predicted octanol–water partition coefficient (Wildman–Crippen LogP) is 3.75. The van der Waals surface area contributed by atoms with Crippen LogP contribution < -0.4 is 0 Å². The molecule has 0 unspecified atom stereocenters. The van der Waals surface area contributed by atoms with E-state index in [4.69, 9.17) is 4.42 Å². The van der Waals surface area contributed by atoms with Gasteiger partial charge in [-0.2, -0.15) is 0 Å². The SMILES string of the molecule is Cc1ccc(CC(=O)N(Cc2cccnc2)Cc2ccco2)cc1. The number of hydrogen-bond acceptors (Lipinski definition) is 3. The molecule has 0 aliphatic rings. The van der Waals surface area contributed by atoms with E-state index in [1.807, 2.05) is 55.5 Å². The number of carbonyl (C=O) groups excluding carboxylic acids is 1. The Balaban J connectivity index is 1.74. The summed E-state index contributed by atoms with van der Waals surface area (Å²) < 4.78 is 5.41. The van der Waals surface area contributed by atoms with Gasteiger partial charge in [-0.25, -0.2) is 0 Å². The summed E-state index contributed by atoms with van der Waals surface area (Å²) in [7, 11) is 0. The molecule has 4 nitrogen and oxygen atoms in total. The van der Waals surface area contributed by atoms with Crippen molar-refractivity contribution in [2.75, 3.05) is 0 Å². The lowest BCUT2D eigenvalue weighted by Crippen LogP contribution is -2.31. The largest absolute Gasteiger partial charge is 0.467 e. The van der Waals surface area contributed by atoms with Gasteiger partial charge >= 0.3 is 0 Å². The van der Waals surface area contributed by atoms with Crippen LogP contribution in [0.4, 0.5) is 0 Å². The van der Waals surface area contributed by atoms with Crippen molar-refractivity contribution in [1.82, 2.24) is 9.88 Å². The van der Waals surface area contributed by atoms with Crippen molar-refractivity contribution in [1.29, 1.82) is 0 Å². The summed E-state index contributed by atoms with van der Waals surface area (Å²) in [6.07, 6.45) is 5.52. The van der Waals surface area contributed by atoms with E-state index in [2.05, 4.69) is 4.98 Å². The lowest BCUT2D eigenvalue weighted by atomic mass is 10.1. The Kier molecular flexibility index (Phi) is 5.06. The Morgan fingerprint density at radius 1 is 1.04 bits per heavy atom. The van der Waals surface area contributed by atoms with Crippen LogP contribution in [0.25, 0.3) is 0 Å². The third kappa shape index (κ3) is 4.32. The fourth-order valence-corrected chi connectivity index (χ4v) is 2.53. The van der Waals surface area contributed by atoms with Gasteiger partial charge in [0.25, 0.3) is 0 Å². The summed E-state index contributed by atoms with van der Waals surface area (Å²) in [6.45, 7) is 3.00. The van der Waals surface area contributed by atoms with Crippen molar-refractivity contribution < 1.29 is 9.21 Å². The third-order valence-electron chi connectivity index (χ3n) is 3.85. The predicted molar refractivity (Wildman–Crippen MR) is 92.1 cm³/mol. The third-order valence-corrected chi connectivity index (χ3v) is 3.85. The number of rotatable bonds is 6. The summed E-state index contributed by atoms with van der Waals surface area (Å²) >= 11 is 0. The van der Waals surface area contributed by atoms with Gasteiger partial charge in [0.1, 0.15) is 5.76 Å². The molecule has 4 heteroatoms. The molecule has 1 amide bonds. The van der Waals surface area contributed by atoms with Crippen LogP contribution in [0.15, 0.2) is 71.6 Å². The van der Waals surface area contributed by atoms with Crippen molar-refractivity contribution >= 4 is 5.91 Å². The van der Waals surface area contributed by atoms with E-state index in [9.17, 15) is 4.79 Å². The Labute approximate surface area is 141 Å². The summed E-state index contributed by atoms with van der Waals surface area (Å²) in [6, 6.07) is 15.6. The highest BCUT2D eigenvalue weighted by Crippen LogP contribution is 2.13. The number of nitrogens with zero attached hydrogens (tertiary/aromatic N) is 2. The van der Waals surface area contributed by atoms with Crippen molar-refractivity contribution in [3.63, 3.8) is 0 Å². The number of hydrogen-bond donors (Lipinski definition) is 0. The van der Waals surface area contributed by atoms with Crippen LogP contribution in [0.1, 0.15) is 22.5 Å². The molecule has 0 atom stereocenters. The smallest absolute Gasteiger partial charge is 0.227 e. The van der Waals surface area contributed by atoms with E-state index in [1.54, 1.807) is 23.6 Å². The molecule has 0 radical (unpaired) electrons. The van der Waals surface area contributed by atoms with Crippen LogP contribution >= 0.6 is 0 Å². The van der Waals surface area contributed by atoms with Crippen molar-refractivity contribution in [2.24, 2.45) is 0 Å². The second-order valence-electron chi connectivity index (χ2n) is 5.85. The molecule has 0 aliphatic carbocycles. The fraction of sp³-hybridized carbons (Fsp3) is 0.200. The Morgan fingerprint density at radius 3 is 2.54 bits per heavy atom. The standard InChI is InChI=1S/C20H20N2O2/c1-16-6-8-17(9-7-16)12-20(23)22(15-19-5-3-11-24-19)14-18-4-2-10-21-13-18/h2-11,13H,12,14-15H2,1H3. The maximum absolute atomic E-state index is 12.8. The van der Waals surface area contributed by atoms with Crippen LogP contribution in [-0.2, 0) is 24.3 Å². The second kappa shape index (κ2) is 7.59. The van der Waals surface area contributed by atoms with Gasteiger partial charge in [0.2, 0.25) is 5.91 Å². The van der Waals surface area contributed by atoms with Crippen molar-refractivity contribution in [3.05, 3.63) is 89.6 Å². The topological polar surface area (TPSA) is 46.3 Å². The fourth-order valence-electron chi connectivity index (χ4n) is 2.53. The lowest BCUT2D eigenvalue weighted by molar-refractivity contribution is -0.132. The molecule has 122 valence electrons. The van der Waals surface area contributed by atoms with Gasteiger partial charge < -0.3 is 9.32 Å². The van der Waals surface area contributed by atoms with E-state index in [0.717, 1.165) is 16.9 Å². The molecule has 2 aromatic heterocycles. The molecule has 2 heterocycles. The number of benzene rings is 1. The average molecular weight is 320 g/mol. The molecular weight excluding hydrogens is 300 g/mol. The molecule has 0 saturated carbocycles. The zero-order chi connectivity index (χ0) is 16.8. The van der Waals surface area contributed by atoms with E-state index >= 15 is 0 Å². The van der Waals surface area contributed by atoms with Gasteiger partial charge in [-0.05, 0) is 36.2 Å². The Bertz CT molecular complexity index is 765. The zero-order valence-corrected chi connectivity index (χ0v) is 13.7. The minimum Gasteiger partial charge on any atom is -0.467 e. The van der Waals surface area contributed by atoms with Crippen LogP contribution in [0.2, 0.25) is 0 Å². The van der Waals surface area contributed by atoms with E-state index < -0.39 is 0 Å². The first-order valence-corrected chi connectivity index (χ1v) is 7.95. The lowest BCUT2D eigenvalue weighted by Gasteiger charge is -2.22. The first-order chi connectivity index (χ1) is 11.7. The molecule has 3 aromatic rings. The maximum Gasteiger partial charge on any atom is 0.227 e. The average Bonchev–Trinajstić information content (AvgIpc) is 3.10. The summed E-state index contributed by atoms with van der Waals surface area (Å²) in [4.78, 5) is 18.7. The van der Waals surface area contributed by atoms with Gasteiger partial charge in [-0.1, -0.05) is 35.9 Å². The highest BCUT2D eigenvalue weighted by atomic mass is 16.3. The molecule has 0 saturated heterocycles. The molecule has 1 aromatic carbocycles. The Morgan fingerprint density at radius 2 is 1.88 bits per heavy atom. The first-order valence-electron chi connectivity index (χ1n) is 7.95. The quantitative estimate of drug-likeness (QED) is 0.695. The highest BCUT2D eigenvalue weighted by Gasteiger charge is 2.16. The number of aryl methyl sites for hydroxylation is 1. The van der Waals surface area contributed by atoms with Gasteiger partial charge in [0, 0.05) is 18.9 Å². The molecule has 0 spiro atoms. The summed E-state index contributed by atoms with van der Waals surface area (Å²) in [5.74, 6) is 0.843. The molecule has 24 heavy (non-hydrogen) atoms. The number of pyridine rings is 1. The molecule has 0 N–H and O–H groups in total. The summed E-state index contributed by atoms with van der Waals surface area (Å²) in [5.41, 5.74) is 3.21. The highest BCUT2D eigenvalue weighted by molar-refractivity contribution is 5.78. The molecular formula is C20H20N2O2. The normalized spacial score (nSPS) is 10.5. The van der Waals surface area contributed by atoms with Gasteiger partial charge in [0.05, 0.1) is 19.2 Å². The monoisotopic (exact) mass is 320 g/mol. The number of furan rings is 1. The van der Waals surface area contributed by atoms with Crippen LogP contribution in [-0.4, -0.2) is 15.8 Å². The van der Waals surface area contributed by atoms with Crippen molar-refractivity contribution in [2.45, 2.75) is 26.4 Å². The van der Waals surface area contributed by atoms with Crippen LogP contribution in [0.3, 0.4) is 0 Å². The minimum atomic E-state index is 0.0686. The van der Waals surface area contributed by atoms with Crippen LogP contribution in [0, 0.1) is 6.92 Å². The Hall–Kier alpha value is -2.88. The maximum atomic E-state index is 12.8. The van der Waals surface area contributed by atoms with Gasteiger partial charge in [-0.15, -0.1) is 0 Å². The number of aromatic nitrogens is 1. The number of amides is 1.